The Hall–Kier alpha value is -3.05. The van der Waals surface area contributed by atoms with Crippen LogP contribution in [0.25, 0.3) is 22.0 Å². The second-order valence-corrected chi connectivity index (χ2v) is 9.74. The number of nitrogens with zero attached hydrogens (tertiary/aromatic N) is 2. The summed E-state index contributed by atoms with van der Waals surface area (Å²) in [6.07, 6.45) is 2.03. The number of rotatable bonds is 7. The molecule has 1 aromatic heterocycles. The standard InChI is InChI=1S/C20H21F2N3O5S/c1-20(19(26)24-27,31(3,28)29)8-9-25-11-15-17(23-25)7-6-14(18(15)22)13-5-4-12(30-2)10-16(13)21/h4-7,10-11,27H,8-9H2,1-3H3,(H,24,26)/t20-/m1/s1. The summed E-state index contributed by atoms with van der Waals surface area (Å²) in [6.45, 7) is 1.14. The number of methoxy groups -OCH3 is 1. The molecule has 1 atom stereocenters. The van der Waals surface area contributed by atoms with Crippen LogP contribution in [-0.4, -0.2) is 47.4 Å². The number of hydrogen-bond acceptors (Lipinski definition) is 6. The summed E-state index contributed by atoms with van der Waals surface area (Å²) in [6, 6.07) is 7.00. The van der Waals surface area contributed by atoms with Gasteiger partial charge in [0, 0.05) is 36.2 Å². The maximum atomic E-state index is 15.1. The highest BCUT2D eigenvalue weighted by Gasteiger charge is 2.43. The lowest BCUT2D eigenvalue weighted by molar-refractivity contribution is -0.131. The smallest absolute Gasteiger partial charge is 0.264 e. The topological polar surface area (TPSA) is 111 Å². The molecule has 2 N–H and O–H groups in total. The van der Waals surface area contributed by atoms with Crippen LogP contribution in [0, 0.1) is 11.6 Å². The number of carbonyl (C=O) groups excluding carboxylic acids is 1. The number of aromatic nitrogens is 2. The number of benzene rings is 2. The van der Waals surface area contributed by atoms with Gasteiger partial charge in [-0.25, -0.2) is 22.7 Å². The van der Waals surface area contributed by atoms with E-state index in [4.69, 9.17) is 9.94 Å². The van der Waals surface area contributed by atoms with E-state index in [1.165, 1.54) is 54.7 Å². The summed E-state index contributed by atoms with van der Waals surface area (Å²) in [5.74, 6) is -2.11. The molecule has 0 radical (unpaired) electrons. The molecule has 0 aliphatic rings. The van der Waals surface area contributed by atoms with Crippen molar-refractivity contribution in [2.75, 3.05) is 13.4 Å². The Bertz CT molecular complexity index is 1260. The van der Waals surface area contributed by atoms with Crippen molar-refractivity contribution in [3.05, 3.63) is 48.2 Å². The molecule has 166 valence electrons. The Labute approximate surface area is 177 Å². The molecule has 31 heavy (non-hydrogen) atoms. The molecule has 11 heteroatoms. The Balaban J connectivity index is 1.96. The third-order valence-corrected chi connectivity index (χ3v) is 7.38. The molecule has 0 fully saturated rings. The molecule has 0 aliphatic carbocycles. The molecule has 0 saturated heterocycles. The van der Waals surface area contributed by atoms with Crippen molar-refractivity contribution < 1.29 is 31.9 Å². The molecule has 0 saturated carbocycles. The molecular formula is C20H21F2N3O5S. The monoisotopic (exact) mass is 453 g/mol. The summed E-state index contributed by atoms with van der Waals surface area (Å²) in [5, 5.41) is 13.2. The number of ether oxygens (including phenoxy) is 1. The first-order valence-corrected chi connectivity index (χ1v) is 11.0. The van der Waals surface area contributed by atoms with Crippen molar-refractivity contribution in [2.24, 2.45) is 0 Å². The number of hydroxylamine groups is 1. The van der Waals surface area contributed by atoms with Crippen LogP contribution in [0.5, 0.6) is 5.75 Å². The summed E-state index contributed by atoms with van der Waals surface area (Å²) < 4.78 is 58.0. The van der Waals surface area contributed by atoms with Crippen LogP contribution < -0.4 is 10.2 Å². The lowest BCUT2D eigenvalue weighted by Gasteiger charge is -2.24. The van der Waals surface area contributed by atoms with Gasteiger partial charge in [0.25, 0.3) is 5.91 Å². The highest BCUT2D eigenvalue weighted by Crippen LogP contribution is 2.32. The van der Waals surface area contributed by atoms with Crippen molar-refractivity contribution in [3.63, 3.8) is 0 Å². The van der Waals surface area contributed by atoms with Crippen LogP contribution in [0.4, 0.5) is 8.78 Å². The highest BCUT2D eigenvalue weighted by atomic mass is 32.2. The number of carbonyl (C=O) groups is 1. The molecule has 1 amide bonds. The van der Waals surface area contributed by atoms with Crippen molar-refractivity contribution in [2.45, 2.75) is 24.6 Å². The van der Waals surface area contributed by atoms with Gasteiger partial charge in [0.1, 0.15) is 17.4 Å². The van der Waals surface area contributed by atoms with Gasteiger partial charge in [-0.3, -0.25) is 14.7 Å². The minimum absolute atomic E-state index is 0.0350. The van der Waals surface area contributed by atoms with Gasteiger partial charge in [0.2, 0.25) is 0 Å². The fourth-order valence-electron chi connectivity index (χ4n) is 3.19. The summed E-state index contributed by atoms with van der Waals surface area (Å²) in [5.41, 5.74) is 1.74. The third kappa shape index (κ3) is 4.10. The zero-order chi connectivity index (χ0) is 23.0. The zero-order valence-corrected chi connectivity index (χ0v) is 17.8. The van der Waals surface area contributed by atoms with Crippen LogP contribution in [0.1, 0.15) is 13.3 Å². The average molecular weight is 453 g/mol. The maximum absolute atomic E-state index is 15.1. The van der Waals surface area contributed by atoms with Gasteiger partial charge in [0.05, 0.1) is 18.0 Å². The first-order valence-electron chi connectivity index (χ1n) is 9.15. The number of halogens is 2. The van der Waals surface area contributed by atoms with E-state index in [-0.39, 0.29) is 35.0 Å². The van der Waals surface area contributed by atoms with Gasteiger partial charge >= 0.3 is 0 Å². The Kier molecular flexibility index (Phi) is 6.01. The summed E-state index contributed by atoms with van der Waals surface area (Å²) in [4.78, 5) is 11.9. The van der Waals surface area contributed by atoms with Gasteiger partial charge in [-0.1, -0.05) is 0 Å². The van der Waals surface area contributed by atoms with Gasteiger partial charge in [-0.05, 0) is 37.6 Å². The number of hydrogen-bond donors (Lipinski definition) is 2. The van der Waals surface area contributed by atoms with Crippen molar-refractivity contribution in [1.82, 2.24) is 15.3 Å². The van der Waals surface area contributed by atoms with E-state index < -0.39 is 32.1 Å². The molecule has 0 unspecified atom stereocenters. The van der Waals surface area contributed by atoms with E-state index in [1.54, 1.807) is 0 Å². The minimum Gasteiger partial charge on any atom is -0.497 e. The largest absolute Gasteiger partial charge is 0.497 e. The summed E-state index contributed by atoms with van der Waals surface area (Å²) in [7, 11) is -2.48. The Morgan fingerprint density at radius 1 is 1.26 bits per heavy atom. The van der Waals surface area contributed by atoms with Crippen LogP contribution >= 0.6 is 0 Å². The van der Waals surface area contributed by atoms with Crippen molar-refractivity contribution in [3.8, 4) is 16.9 Å². The SMILES string of the molecule is COc1ccc(-c2ccc3nn(CC[C@](C)(C(=O)NO)S(C)(=O)=O)cc3c2F)c(F)c1. The normalized spacial score (nSPS) is 13.7. The predicted molar refractivity (Wildman–Crippen MR) is 109 cm³/mol. The zero-order valence-electron chi connectivity index (χ0n) is 17.0. The van der Waals surface area contributed by atoms with E-state index in [0.29, 0.717) is 5.75 Å². The molecule has 1 heterocycles. The molecule has 0 spiro atoms. The molecule has 2 aromatic carbocycles. The number of fused-ring (bicyclic) bond motifs is 1. The lowest BCUT2D eigenvalue weighted by Crippen LogP contribution is -2.49. The first-order chi connectivity index (χ1) is 14.5. The molecule has 0 bridgehead atoms. The molecule has 0 aliphatic heterocycles. The number of nitrogens with one attached hydrogen (secondary N) is 1. The highest BCUT2D eigenvalue weighted by molar-refractivity contribution is 7.92. The van der Waals surface area contributed by atoms with Crippen LogP contribution in [0.15, 0.2) is 36.5 Å². The van der Waals surface area contributed by atoms with E-state index in [0.717, 1.165) is 12.3 Å². The fraction of sp³-hybridized carbons (Fsp3) is 0.300. The molecule has 3 aromatic rings. The van der Waals surface area contributed by atoms with Gasteiger partial charge in [-0.2, -0.15) is 5.10 Å². The van der Waals surface area contributed by atoms with E-state index >= 15 is 4.39 Å². The molecular weight excluding hydrogens is 432 g/mol. The van der Waals surface area contributed by atoms with E-state index in [9.17, 15) is 17.6 Å². The second kappa shape index (κ2) is 8.23. The van der Waals surface area contributed by atoms with Crippen molar-refractivity contribution in [1.29, 1.82) is 0 Å². The van der Waals surface area contributed by atoms with Crippen LogP contribution in [0.3, 0.4) is 0 Å². The van der Waals surface area contributed by atoms with E-state index in [2.05, 4.69) is 5.10 Å². The number of aryl methyl sites for hydroxylation is 1. The average Bonchev–Trinajstić information content (AvgIpc) is 3.15. The molecule has 8 nitrogen and oxygen atoms in total. The first kappa shape index (κ1) is 22.6. The Morgan fingerprint density at radius 2 is 1.94 bits per heavy atom. The van der Waals surface area contributed by atoms with E-state index in [1.807, 2.05) is 0 Å². The maximum Gasteiger partial charge on any atom is 0.264 e. The number of sulfone groups is 1. The fourth-order valence-corrected chi connectivity index (χ4v) is 4.03. The van der Waals surface area contributed by atoms with Gasteiger partial charge < -0.3 is 4.74 Å². The van der Waals surface area contributed by atoms with Crippen LogP contribution in [-0.2, 0) is 21.2 Å². The minimum atomic E-state index is -3.88. The van der Waals surface area contributed by atoms with Gasteiger partial charge in [0.15, 0.2) is 14.6 Å². The van der Waals surface area contributed by atoms with Gasteiger partial charge in [-0.15, -0.1) is 0 Å². The number of amides is 1. The summed E-state index contributed by atoms with van der Waals surface area (Å²) >= 11 is 0. The Morgan fingerprint density at radius 3 is 2.52 bits per heavy atom. The third-order valence-electron chi connectivity index (χ3n) is 5.36. The second-order valence-electron chi connectivity index (χ2n) is 7.29. The lowest BCUT2D eigenvalue weighted by atomic mass is 10.0. The molecule has 3 rings (SSSR count). The quantitative estimate of drug-likeness (QED) is 0.420. The predicted octanol–water partition coefficient (Wildman–Crippen LogP) is 2.69. The van der Waals surface area contributed by atoms with Crippen LogP contribution in [0.2, 0.25) is 0 Å². The van der Waals surface area contributed by atoms with Crippen molar-refractivity contribution >= 4 is 26.6 Å².